The monoisotopic (exact) mass is 238 g/mol. The summed E-state index contributed by atoms with van der Waals surface area (Å²) in [5, 5.41) is 8.63. The summed E-state index contributed by atoms with van der Waals surface area (Å²) in [4.78, 5) is 11.3. The van der Waals surface area contributed by atoms with Crippen LogP contribution in [0.5, 0.6) is 11.5 Å². The van der Waals surface area contributed by atoms with Gasteiger partial charge in [0.1, 0.15) is 11.5 Å². The van der Waals surface area contributed by atoms with Gasteiger partial charge in [-0.2, -0.15) is 0 Å². The minimum absolute atomic E-state index is 0.102. The second-order valence-electron chi connectivity index (χ2n) is 3.62. The Hall–Kier alpha value is -1.55. The first-order valence-corrected chi connectivity index (χ1v) is 5.80. The molecule has 1 aromatic carbocycles. The van der Waals surface area contributed by atoms with Crippen LogP contribution in [0.2, 0.25) is 0 Å². The number of ether oxygens (including phenoxy) is 2. The maximum absolute atomic E-state index is 11.3. The molecule has 0 fully saturated rings. The van der Waals surface area contributed by atoms with Crippen molar-refractivity contribution in [2.45, 2.75) is 26.2 Å². The van der Waals surface area contributed by atoms with E-state index in [1.54, 1.807) is 24.3 Å². The standard InChI is InChI=1S/C13H18O4/c1-2-5-13(15)17-12-7-3-6-11(10-12)16-9-4-8-14/h3,6-7,10,14H,2,4-5,8-9H2,1H3. The molecule has 0 atom stereocenters. The third-order valence-electron chi connectivity index (χ3n) is 2.06. The molecule has 0 aliphatic heterocycles. The van der Waals surface area contributed by atoms with Gasteiger partial charge in [0.25, 0.3) is 0 Å². The lowest BCUT2D eigenvalue weighted by molar-refractivity contribution is -0.134. The van der Waals surface area contributed by atoms with E-state index < -0.39 is 0 Å². The topological polar surface area (TPSA) is 55.8 Å². The van der Waals surface area contributed by atoms with Crippen molar-refractivity contribution in [2.75, 3.05) is 13.2 Å². The third kappa shape index (κ3) is 5.36. The molecule has 0 saturated heterocycles. The molecule has 0 heterocycles. The molecule has 4 heteroatoms. The van der Waals surface area contributed by atoms with Crippen molar-refractivity contribution in [2.24, 2.45) is 0 Å². The average molecular weight is 238 g/mol. The van der Waals surface area contributed by atoms with E-state index in [1.807, 2.05) is 6.92 Å². The normalized spacial score (nSPS) is 10.0. The van der Waals surface area contributed by atoms with Crippen LogP contribution in [0.1, 0.15) is 26.2 Å². The van der Waals surface area contributed by atoms with E-state index in [0.717, 1.165) is 6.42 Å². The number of rotatable bonds is 7. The Morgan fingerprint density at radius 3 is 2.82 bits per heavy atom. The van der Waals surface area contributed by atoms with Crippen molar-refractivity contribution < 1.29 is 19.4 Å². The number of esters is 1. The predicted molar refractivity (Wildman–Crippen MR) is 64.2 cm³/mol. The minimum atomic E-state index is -0.236. The zero-order valence-corrected chi connectivity index (χ0v) is 10.0. The number of carbonyl (C=O) groups excluding carboxylic acids is 1. The predicted octanol–water partition coefficient (Wildman–Crippen LogP) is 2.15. The van der Waals surface area contributed by atoms with Crippen molar-refractivity contribution >= 4 is 5.97 Å². The van der Waals surface area contributed by atoms with E-state index in [2.05, 4.69) is 0 Å². The summed E-state index contributed by atoms with van der Waals surface area (Å²) < 4.78 is 10.5. The van der Waals surface area contributed by atoms with Crippen LogP contribution in [-0.4, -0.2) is 24.3 Å². The highest BCUT2D eigenvalue weighted by Crippen LogP contribution is 2.20. The lowest BCUT2D eigenvalue weighted by atomic mass is 10.3. The van der Waals surface area contributed by atoms with Crippen molar-refractivity contribution in [3.8, 4) is 11.5 Å². The van der Waals surface area contributed by atoms with Gasteiger partial charge in [0.2, 0.25) is 0 Å². The van der Waals surface area contributed by atoms with Gasteiger partial charge in [-0.25, -0.2) is 0 Å². The summed E-state index contributed by atoms with van der Waals surface area (Å²) in [6.07, 6.45) is 1.76. The smallest absolute Gasteiger partial charge is 0.311 e. The van der Waals surface area contributed by atoms with Crippen LogP contribution in [-0.2, 0) is 4.79 Å². The Labute approximate surface area is 101 Å². The molecule has 0 saturated carbocycles. The van der Waals surface area contributed by atoms with E-state index in [1.165, 1.54) is 0 Å². The molecule has 0 radical (unpaired) electrons. The molecule has 1 rings (SSSR count). The van der Waals surface area contributed by atoms with E-state index in [9.17, 15) is 4.79 Å². The van der Waals surface area contributed by atoms with Crippen LogP contribution >= 0.6 is 0 Å². The molecular formula is C13H18O4. The molecule has 0 bridgehead atoms. The summed E-state index contributed by atoms with van der Waals surface area (Å²) in [7, 11) is 0. The Balaban J connectivity index is 2.50. The number of benzene rings is 1. The first kappa shape index (κ1) is 13.5. The Kier molecular flexibility index (Phi) is 6.10. The molecule has 0 aromatic heterocycles. The van der Waals surface area contributed by atoms with Gasteiger partial charge in [0, 0.05) is 25.5 Å². The minimum Gasteiger partial charge on any atom is -0.493 e. The maximum Gasteiger partial charge on any atom is 0.311 e. The molecule has 17 heavy (non-hydrogen) atoms. The van der Waals surface area contributed by atoms with Gasteiger partial charge < -0.3 is 14.6 Å². The largest absolute Gasteiger partial charge is 0.493 e. The fraction of sp³-hybridized carbons (Fsp3) is 0.462. The van der Waals surface area contributed by atoms with E-state index >= 15 is 0 Å². The summed E-state index contributed by atoms with van der Waals surface area (Å²) in [6.45, 7) is 2.48. The van der Waals surface area contributed by atoms with Gasteiger partial charge in [-0.15, -0.1) is 0 Å². The second-order valence-corrected chi connectivity index (χ2v) is 3.62. The summed E-state index contributed by atoms with van der Waals surface area (Å²) in [5.41, 5.74) is 0. The SMILES string of the molecule is CCCC(=O)Oc1cccc(OCCCO)c1. The molecule has 4 nitrogen and oxygen atoms in total. The first-order chi connectivity index (χ1) is 8.26. The Morgan fingerprint density at radius 1 is 1.35 bits per heavy atom. The van der Waals surface area contributed by atoms with Crippen molar-refractivity contribution in [3.63, 3.8) is 0 Å². The fourth-order valence-electron chi connectivity index (χ4n) is 1.27. The maximum atomic E-state index is 11.3. The highest BCUT2D eigenvalue weighted by atomic mass is 16.5. The third-order valence-corrected chi connectivity index (χ3v) is 2.06. The van der Waals surface area contributed by atoms with Gasteiger partial charge in [-0.3, -0.25) is 4.79 Å². The van der Waals surface area contributed by atoms with Gasteiger partial charge in [-0.05, 0) is 18.6 Å². The first-order valence-electron chi connectivity index (χ1n) is 5.80. The number of aliphatic hydroxyl groups excluding tert-OH is 1. The molecule has 0 aliphatic rings. The molecule has 94 valence electrons. The van der Waals surface area contributed by atoms with Gasteiger partial charge in [0.15, 0.2) is 0 Å². The molecule has 0 spiro atoms. The van der Waals surface area contributed by atoms with Crippen LogP contribution in [0.4, 0.5) is 0 Å². The highest BCUT2D eigenvalue weighted by molar-refractivity contribution is 5.72. The molecule has 0 aliphatic carbocycles. The fourth-order valence-corrected chi connectivity index (χ4v) is 1.27. The lowest BCUT2D eigenvalue weighted by Crippen LogP contribution is -2.07. The van der Waals surface area contributed by atoms with E-state index in [-0.39, 0.29) is 12.6 Å². The zero-order chi connectivity index (χ0) is 12.5. The van der Waals surface area contributed by atoms with Crippen LogP contribution in [0.3, 0.4) is 0 Å². The van der Waals surface area contributed by atoms with Crippen LogP contribution < -0.4 is 9.47 Å². The van der Waals surface area contributed by atoms with Crippen molar-refractivity contribution in [1.29, 1.82) is 0 Å². The molecule has 0 unspecified atom stereocenters. The number of aliphatic hydroxyl groups is 1. The average Bonchev–Trinajstić information content (AvgIpc) is 2.30. The number of hydrogen-bond acceptors (Lipinski definition) is 4. The molecule has 0 amide bonds. The van der Waals surface area contributed by atoms with Crippen LogP contribution in [0.15, 0.2) is 24.3 Å². The quantitative estimate of drug-likeness (QED) is 0.449. The van der Waals surface area contributed by atoms with E-state index in [0.29, 0.717) is 30.9 Å². The molecular weight excluding hydrogens is 220 g/mol. The molecule has 1 aromatic rings. The summed E-state index contributed by atoms with van der Waals surface area (Å²) >= 11 is 0. The second kappa shape index (κ2) is 7.68. The number of hydrogen-bond donors (Lipinski definition) is 1. The Bertz CT molecular complexity index is 349. The lowest BCUT2D eigenvalue weighted by Gasteiger charge is -2.07. The summed E-state index contributed by atoms with van der Waals surface area (Å²) in [5.74, 6) is 0.894. The summed E-state index contributed by atoms with van der Waals surface area (Å²) in [6, 6.07) is 6.94. The van der Waals surface area contributed by atoms with Gasteiger partial charge in [-0.1, -0.05) is 13.0 Å². The highest BCUT2D eigenvalue weighted by Gasteiger charge is 2.04. The van der Waals surface area contributed by atoms with Crippen LogP contribution in [0, 0.1) is 0 Å². The molecule has 1 N–H and O–H groups in total. The van der Waals surface area contributed by atoms with Crippen molar-refractivity contribution in [3.05, 3.63) is 24.3 Å². The van der Waals surface area contributed by atoms with Gasteiger partial charge >= 0.3 is 5.97 Å². The van der Waals surface area contributed by atoms with Crippen LogP contribution in [0.25, 0.3) is 0 Å². The van der Waals surface area contributed by atoms with Crippen molar-refractivity contribution in [1.82, 2.24) is 0 Å². The van der Waals surface area contributed by atoms with Gasteiger partial charge in [0.05, 0.1) is 6.61 Å². The number of carbonyl (C=O) groups is 1. The zero-order valence-electron chi connectivity index (χ0n) is 10.0. The Morgan fingerprint density at radius 2 is 2.12 bits per heavy atom. The van der Waals surface area contributed by atoms with E-state index in [4.69, 9.17) is 14.6 Å².